The summed E-state index contributed by atoms with van der Waals surface area (Å²) in [5.41, 5.74) is 0.0299. The topological polar surface area (TPSA) is 55.8 Å². The first-order valence-corrected chi connectivity index (χ1v) is 5.01. The van der Waals surface area contributed by atoms with E-state index in [-0.39, 0.29) is 30.2 Å². The van der Waals surface area contributed by atoms with Crippen molar-refractivity contribution < 1.29 is 19.4 Å². The molecule has 4 nitrogen and oxygen atoms in total. The first-order chi connectivity index (χ1) is 6.79. The number of rotatable bonds is 2. The number of Topliss-reactive ketones (excluding diaryl/α,β-unsaturated/α-hetero) is 1. The maximum atomic E-state index is 11.1. The van der Waals surface area contributed by atoms with Crippen LogP contribution in [0, 0.1) is 0 Å². The summed E-state index contributed by atoms with van der Waals surface area (Å²) in [5.74, 6) is -0.0651. The second-order valence-corrected chi connectivity index (χ2v) is 4.66. The van der Waals surface area contributed by atoms with Crippen molar-refractivity contribution in [2.75, 3.05) is 6.61 Å². The molecule has 1 atom stereocenters. The molecule has 1 heterocycles. The van der Waals surface area contributed by atoms with Gasteiger partial charge in [-0.15, -0.1) is 0 Å². The van der Waals surface area contributed by atoms with Crippen LogP contribution in [0.5, 0.6) is 0 Å². The van der Waals surface area contributed by atoms with E-state index in [1.807, 2.05) is 20.8 Å². The van der Waals surface area contributed by atoms with Crippen molar-refractivity contribution in [3.8, 4) is 0 Å². The highest BCUT2D eigenvalue weighted by Crippen LogP contribution is 2.23. The molecular formula is C11H18O4. The molecule has 0 aromatic heterocycles. The lowest BCUT2D eigenvalue weighted by atomic mass is 10.1. The molecule has 15 heavy (non-hydrogen) atoms. The molecule has 0 aromatic carbocycles. The molecule has 0 amide bonds. The Balaban J connectivity index is 2.63. The maximum Gasteiger partial charge on any atom is 0.165 e. The zero-order valence-corrected chi connectivity index (χ0v) is 9.66. The van der Waals surface area contributed by atoms with Gasteiger partial charge >= 0.3 is 0 Å². The Bertz CT molecular complexity index is 285. The number of hydrogen-bond donors (Lipinski definition) is 1. The van der Waals surface area contributed by atoms with E-state index >= 15 is 0 Å². The van der Waals surface area contributed by atoms with Crippen LogP contribution in [0.4, 0.5) is 0 Å². The number of aliphatic hydroxyl groups is 1. The highest BCUT2D eigenvalue weighted by Gasteiger charge is 2.27. The summed E-state index contributed by atoms with van der Waals surface area (Å²) in [6.45, 7) is 7.29. The summed E-state index contributed by atoms with van der Waals surface area (Å²) in [7, 11) is 0. The summed E-state index contributed by atoms with van der Waals surface area (Å²) >= 11 is 0. The molecule has 86 valence electrons. The number of ether oxygens (including phenoxy) is 2. The monoisotopic (exact) mass is 214 g/mol. The lowest BCUT2D eigenvalue weighted by Gasteiger charge is -2.30. The summed E-state index contributed by atoms with van der Waals surface area (Å²) in [6.07, 6.45) is -0.222. The molecule has 1 rings (SSSR count). The van der Waals surface area contributed by atoms with Gasteiger partial charge in [-0.1, -0.05) is 0 Å². The van der Waals surface area contributed by atoms with E-state index in [1.54, 1.807) is 0 Å². The molecule has 1 aliphatic rings. The van der Waals surface area contributed by atoms with Gasteiger partial charge in [-0.3, -0.25) is 4.79 Å². The minimum Gasteiger partial charge on any atom is -0.512 e. The lowest BCUT2D eigenvalue weighted by Crippen LogP contribution is -2.33. The number of aliphatic hydroxyl groups excluding tert-OH is 1. The van der Waals surface area contributed by atoms with Crippen molar-refractivity contribution in [1.29, 1.82) is 0 Å². The van der Waals surface area contributed by atoms with Crippen molar-refractivity contribution in [1.82, 2.24) is 0 Å². The van der Waals surface area contributed by atoms with E-state index in [1.165, 1.54) is 6.92 Å². The third-order valence-corrected chi connectivity index (χ3v) is 2.03. The van der Waals surface area contributed by atoms with E-state index in [4.69, 9.17) is 9.47 Å². The Morgan fingerprint density at radius 3 is 2.53 bits per heavy atom. The van der Waals surface area contributed by atoms with Crippen molar-refractivity contribution in [3.63, 3.8) is 0 Å². The quantitative estimate of drug-likeness (QED) is 0.763. The van der Waals surface area contributed by atoms with Gasteiger partial charge in [0.15, 0.2) is 12.1 Å². The maximum absolute atomic E-state index is 11.1. The van der Waals surface area contributed by atoms with Crippen LogP contribution < -0.4 is 0 Å². The van der Waals surface area contributed by atoms with Crippen LogP contribution in [0.25, 0.3) is 0 Å². The van der Waals surface area contributed by atoms with Gasteiger partial charge in [-0.05, 0) is 27.7 Å². The average molecular weight is 214 g/mol. The number of carbonyl (C=O) groups excluding carboxylic acids is 1. The van der Waals surface area contributed by atoms with E-state index in [0.717, 1.165) is 0 Å². The second-order valence-electron chi connectivity index (χ2n) is 4.66. The fourth-order valence-corrected chi connectivity index (χ4v) is 1.37. The molecule has 0 fully saturated rings. The van der Waals surface area contributed by atoms with Gasteiger partial charge in [-0.25, -0.2) is 0 Å². The molecule has 0 bridgehead atoms. The molecule has 1 N–H and O–H groups in total. The number of hydrogen-bond acceptors (Lipinski definition) is 4. The van der Waals surface area contributed by atoms with Crippen molar-refractivity contribution in [2.24, 2.45) is 0 Å². The summed E-state index contributed by atoms with van der Waals surface area (Å²) in [6, 6.07) is 0. The summed E-state index contributed by atoms with van der Waals surface area (Å²) in [4.78, 5) is 11.1. The van der Waals surface area contributed by atoms with Crippen LogP contribution in [0.3, 0.4) is 0 Å². The van der Waals surface area contributed by atoms with Gasteiger partial charge in [0.1, 0.15) is 5.76 Å². The van der Waals surface area contributed by atoms with Gasteiger partial charge in [0.25, 0.3) is 0 Å². The molecule has 0 spiro atoms. The van der Waals surface area contributed by atoms with Crippen LogP contribution in [-0.4, -0.2) is 29.4 Å². The minimum atomic E-state index is -0.465. The molecule has 0 saturated carbocycles. The Morgan fingerprint density at radius 2 is 2.13 bits per heavy atom. The van der Waals surface area contributed by atoms with Crippen molar-refractivity contribution in [2.45, 2.75) is 46.0 Å². The van der Waals surface area contributed by atoms with E-state index in [0.29, 0.717) is 5.57 Å². The van der Waals surface area contributed by atoms with E-state index in [9.17, 15) is 9.90 Å². The Morgan fingerprint density at radius 1 is 1.53 bits per heavy atom. The Kier molecular flexibility index (Phi) is 3.52. The predicted molar refractivity (Wildman–Crippen MR) is 55.5 cm³/mol. The fourth-order valence-electron chi connectivity index (χ4n) is 1.37. The molecule has 0 aromatic rings. The first-order valence-electron chi connectivity index (χ1n) is 5.01. The summed E-state index contributed by atoms with van der Waals surface area (Å²) in [5, 5.41) is 9.61. The van der Waals surface area contributed by atoms with Crippen molar-refractivity contribution >= 4 is 5.78 Å². The third kappa shape index (κ3) is 3.64. The highest BCUT2D eigenvalue weighted by molar-refractivity contribution is 5.94. The number of carbonyl (C=O) groups is 1. The van der Waals surface area contributed by atoms with Crippen molar-refractivity contribution in [3.05, 3.63) is 11.3 Å². The normalized spacial score (nSPS) is 23.1. The highest BCUT2D eigenvalue weighted by atomic mass is 16.7. The van der Waals surface area contributed by atoms with Crippen LogP contribution in [0.15, 0.2) is 11.3 Å². The molecule has 0 radical (unpaired) electrons. The molecular weight excluding hydrogens is 196 g/mol. The number of ketones is 1. The average Bonchev–Trinajstić information content (AvgIpc) is 1.99. The Hall–Kier alpha value is -0.870. The van der Waals surface area contributed by atoms with Crippen LogP contribution in [0.1, 0.15) is 34.1 Å². The van der Waals surface area contributed by atoms with E-state index < -0.39 is 6.29 Å². The van der Waals surface area contributed by atoms with E-state index in [2.05, 4.69) is 0 Å². The fraction of sp³-hybridized carbons (Fsp3) is 0.727. The lowest BCUT2D eigenvalue weighted by molar-refractivity contribution is -0.198. The van der Waals surface area contributed by atoms with Gasteiger partial charge in [0, 0.05) is 0 Å². The smallest absolute Gasteiger partial charge is 0.165 e. The van der Waals surface area contributed by atoms with Gasteiger partial charge < -0.3 is 14.6 Å². The van der Waals surface area contributed by atoms with Gasteiger partial charge in [-0.2, -0.15) is 0 Å². The van der Waals surface area contributed by atoms with Gasteiger partial charge in [0.05, 0.1) is 24.2 Å². The second kappa shape index (κ2) is 4.33. The van der Waals surface area contributed by atoms with Crippen LogP contribution >= 0.6 is 0 Å². The molecule has 1 aliphatic heterocycles. The predicted octanol–water partition coefficient (Wildman–Crippen LogP) is 1.95. The molecule has 0 aliphatic carbocycles. The largest absolute Gasteiger partial charge is 0.512 e. The molecule has 0 saturated heterocycles. The standard InChI is InChI=1S/C11H18O4/c1-7(12)8-6-14-10(5-9(8)13)15-11(2,3)4/h10,13H,5-6H2,1-4H3. The summed E-state index contributed by atoms with van der Waals surface area (Å²) < 4.78 is 10.9. The zero-order chi connectivity index (χ0) is 11.6. The minimum absolute atomic E-state index is 0.0861. The Labute approximate surface area is 89.9 Å². The van der Waals surface area contributed by atoms with Gasteiger partial charge in [0.2, 0.25) is 0 Å². The first kappa shape index (κ1) is 12.2. The molecule has 4 heteroatoms. The van der Waals surface area contributed by atoms with Crippen LogP contribution in [0.2, 0.25) is 0 Å². The molecule has 1 unspecified atom stereocenters. The van der Waals surface area contributed by atoms with Crippen LogP contribution in [-0.2, 0) is 14.3 Å². The third-order valence-electron chi connectivity index (χ3n) is 2.03. The zero-order valence-electron chi connectivity index (χ0n) is 9.66. The SMILES string of the molecule is CC(=O)C1=C(O)CC(OC(C)(C)C)OC1.